The molecule has 1 aromatic carbocycles. The Kier molecular flexibility index (Phi) is 3.64. The maximum absolute atomic E-state index is 13.3. The molecule has 0 saturated heterocycles. The van der Waals surface area contributed by atoms with Crippen LogP contribution in [-0.4, -0.2) is 19.7 Å². The summed E-state index contributed by atoms with van der Waals surface area (Å²) in [6.07, 6.45) is -1.40. The van der Waals surface area contributed by atoms with E-state index in [1.807, 2.05) is 0 Å². The summed E-state index contributed by atoms with van der Waals surface area (Å²) in [5.74, 6) is 0.505. The number of rotatable bonds is 3. The van der Waals surface area contributed by atoms with Crippen molar-refractivity contribution in [2.24, 2.45) is 0 Å². The standard InChI is InChI=1S/C17H12F3N5O/c18-17(19,20)15-10-6-8-25(13(10)5-4-11(15)21)9-14-23-24-16(26-14)12-3-1-2-7-22-12/h1-8H,9,21H2. The van der Waals surface area contributed by atoms with E-state index in [9.17, 15) is 13.2 Å². The highest BCUT2D eigenvalue weighted by atomic mass is 19.4. The van der Waals surface area contributed by atoms with Gasteiger partial charge >= 0.3 is 6.18 Å². The third kappa shape index (κ3) is 2.77. The number of nitrogens with zero attached hydrogens (tertiary/aromatic N) is 4. The van der Waals surface area contributed by atoms with Crippen molar-refractivity contribution < 1.29 is 17.6 Å². The van der Waals surface area contributed by atoms with Gasteiger partial charge in [0.1, 0.15) is 12.2 Å². The molecule has 0 aliphatic rings. The van der Waals surface area contributed by atoms with E-state index in [2.05, 4.69) is 15.2 Å². The van der Waals surface area contributed by atoms with Crippen LogP contribution in [0.5, 0.6) is 0 Å². The molecule has 0 spiro atoms. The summed E-state index contributed by atoms with van der Waals surface area (Å²) >= 11 is 0. The average Bonchev–Trinajstić information content (AvgIpc) is 3.22. The van der Waals surface area contributed by atoms with E-state index in [0.29, 0.717) is 11.2 Å². The van der Waals surface area contributed by atoms with Gasteiger partial charge in [0.15, 0.2) is 0 Å². The molecule has 0 bridgehead atoms. The van der Waals surface area contributed by atoms with Crippen LogP contribution in [0, 0.1) is 0 Å². The van der Waals surface area contributed by atoms with Gasteiger partial charge in [0.2, 0.25) is 5.89 Å². The summed E-state index contributed by atoms with van der Waals surface area (Å²) < 4.78 is 47.0. The van der Waals surface area contributed by atoms with Gasteiger partial charge < -0.3 is 14.7 Å². The number of benzene rings is 1. The minimum atomic E-state index is -4.54. The molecule has 0 saturated carbocycles. The average molecular weight is 359 g/mol. The first-order chi connectivity index (χ1) is 12.4. The van der Waals surface area contributed by atoms with E-state index in [1.165, 1.54) is 24.4 Å². The van der Waals surface area contributed by atoms with Crippen molar-refractivity contribution in [1.29, 1.82) is 0 Å². The Labute approximate surface area is 145 Å². The van der Waals surface area contributed by atoms with Gasteiger partial charge in [0, 0.05) is 29.0 Å². The monoisotopic (exact) mass is 359 g/mol. The van der Waals surface area contributed by atoms with Crippen molar-refractivity contribution in [3.8, 4) is 11.6 Å². The number of nitrogen functional groups attached to an aromatic ring is 1. The Bertz CT molecular complexity index is 1070. The number of fused-ring (bicyclic) bond motifs is 1. The van der Waals surface area contributed by atoms with Crippen LogP contribution in [0.4, 0.5) is 18.9 Å². The number of halogens is 3. The van der Waals surface area contributed by atoms with Crippen molar-refractivity contribution in [3.63, 3.8) is 0 Å². The predicted octanol–water partition coefficient (Wildman–Crippen LogP) is 3.74. The lowest BCUT2D eigenvalue weighted by Gasteiger charge is -2.12. The normalized spacial score (nSPS) is 12.0. The highest BCUT2D eigenvalue weighted by Crippen LogP contribution is 2.39. The minimum absolute atomic E-state index is 0.0296. The van der Waals surface area contributed by atoms with Crippen LogP contribution in [-0.2, 0) is 12.7 Å². The smallest absolute Gasteiger partial charge is 0.417 e. The predicted molar refractivity (Wildman–Crippen MR) is 88.0 cm³/mol. The number of hydrogen-bond acceptors (Lipinski definition) is 5. The van der Waals surface area contributed by atoms with Crippen molar-refractivity contribution in [2.75, 3.05) is 5.73 Å². The van der Waals surface area contributed by atoms with Gasteiger partial charge in [0.05, 0.1) is 5.56 Å². The number of pyridine rings is 1. The molecule has 0 unspecified atom stereocenters. The molecule has 132 valence electrons. The van der Waals surface area contributed by atoms with Crippen molar-refractivity contribution in [3.05, 3.63) is 60.2 Å². The SMILES string of the molecule is Nc1ccc2c(ccn2Cc2nnc(-c3ccccn3)o2)c1C(F)(F)F. The van der Waals surface area contributed by atoms with Crippen LogP contribution in [0.25, 0.3) is 22.5 Å². The maximum atomic E-state index is 13.3. The first-order valence-corrected chi connectivity index (χ1v) is 7.62. The molecule has 9 heteroatoms. The fraction of sp³-hybridized carbons (Fsp3) is 0.118. The highest BCUT2D eigenvalue weighted by Gasteiger charge is 2.35. The van der Waals surface area contributed by atoms with Gasteiger partial charge in [-0.2, -0.15) is 13.2 Å². The Morgan fingerprint density at radius 1 is 1.08 bits per heavy atom. The molecule has 0 aliphatic heterocycles. The van der Waals surface area contributed by atoms with Crippen LogP contribution in [0.1, 0.15) is 11.5 Å². The van der Waals surface area contributed by atoms with E-state index >= 15 is 0 Å². The van der Waals surface area contributed by atoms with Crippen LogP contribution in [0.15, 0.2) is 53.2 Å². The molecular weight excluding hydrogens is 347 g/mol. The second kappa shape index (κ2) is 5.87. The molecule has 0 atom stereocenters. The summed E-state index contributed by atoms with van der Waals surface area (Å²) in [7, 11) is 0. The Morgan fingerprint density at radius 2 is 1.92 bits per heavy atom. The number of alkyl halides is 3. The molecule has 0 fully saturated rings. The zero-order chi connectivity index (χ0) is 18.3. The molecule has 4 aromatic rings. The lowest BCUT2D eigenvalue weighted by molar-refractivity contribution is -0.135. The van der Waals surface area contributed by atoms with Gasteiger partial charge in [-0.05, 0) is 30.3 Å². The third-order valence-electron chi connectivity index (χ3n) is 3.93. The van der Waals surface area contributed by atoms with Crippen molar-refractivity contribution in [1.82, 2.24) is 19.7 Å². The Balaban J connectivity index is 1.70. The molecule has 4 rings (SSSR count). The fourth-order valence-corrected chi connectivity index (χ4v) is 2.80. The van der Waals surface area contributed by atoms with Gasteiger partial charge in [0.25, 0.3) is 5.89 Å². The van der Waals surface area contributed by atoms with Gasteiger partial charge in [-0.1, -0.05) is 6.07 Å². The molecular formula is C17H12F3N5O. The Morgan fingerprint density at radius 3 is 2.65 bits per heavy atom. The summed E-state index contributed by atoms with van der Waals surface area (Å²) in [5.41, 5.74) is 5.28. The number of anilines is 1. The molecule has 6 nitrogen and oxygen atoms in total. The number of hydrogen-bond donors (Lipinski definition) is 1. The third-order valence-corrected chi connectivity index (χ3v) is 3.93. The van der Waals surface area contributed by atoms with Gasteiger partial charge in [-0.3, -0.25) is 4.98 Å². The van der Waals surface area contributed by atoms with Crippen molar-refractivity contribution in [2.45, 2.75) is 12.7 Å². The van der Waals surface area contributed by atoms with E-state index in [-0.39, 0.29) is 29.4 Å². The van der Waals surface area contributed by atoms with Gasteiger partial charge in [-0.25, -0.2) is 0 Å². The molecule has 26 heavy (non-hydrogen) atoms. The zero-order valence-corrected chi connectivity index (χ0v) is 13.2. The van der Waals surface area contributed by atoms with E-state index < -0.39 is 11.7 Å². The van der Waals surface area contributed by atoms with E-state index in [0.717, 1.165) is 0 Å². The molecule has 3 heterocycles. The maximum Gasteiger partial charge on any atom is 0.419 e. The second-order valence-corrected chi connectivity index (χ2v) is 5.62. The highest BCUT2D eigenvalue weighted by molar-refractivity contribution is 5.88. The van der Waals surface area contributed by atoms with Crippen LogP contribution in [0.3, 0.4) is 0 Å². The minimum Gasteiger partial charge on any atom is -0.417 e. The summed E-state index contributed by atoms with van der Waals surface area (Å²) in [6.45, 7) is 0.130. The summed E-state index contributed by atoms with van der Waals surface area (Å²) in [5, 5.41) is 7.89. The van der Waals surface area contributed by atoms with E-state index in [4.69, 9.17) is 10.2 Å². The topological polar surface area (TPSA) is 82.8 Å². The lowest BCUT2D eigenvalue weighted by atomic mass is 10.1. The molecule has 0 amide bonds. The largest absolute Gasteiger partial charge is 0.419 e. The van der Waals surface area contributed by atoms with Gasteiger partial charge in [-0.15, -0.1) is 10.2 Å². The molecule has 2 N–H and O–H groups in total. The molecule has 0 radical (unpaired) electrons. The zero-order valence-electron chi connectivity index (χ0n) is 13.2. The molecule has 3 aromatic heterocycles. The quantitative estimate of drug-likeness (QED) is 0.564. The molecule has 0 aliphatic carbocycles. The number of aromatic nitrogens is 4. The fourth-order valence-electron chi connectivity index (χ4n) is 2.80. The van der Waals surface area contributed by atoms with Crippen molar-refractivity contribution >= 4 is 16.6 Å². The van der Waals surface area contributed by atoms with E-state index in [1.54, 1.807) is 29.0 Å². The second-order valence-electron chi connectivity index (χ2n) is 5.62. The van der Waals surface area contributed by atoms with Crippen LogP contribution in [0.2, 0.25) is 0 Å². The summed E-state index contributed by atoms with van der Waals surface area (Å²) in [4.78, 5) is 4.12. The Hall–Kier alpha value is -3.36. The first kappa shape index (κ1) is 16.1. The summed E-state index contributed by atoms with van der Waals surface area (Å²) in [6, 6.07) is 9.43. The first-order valence-electron chi connectivity index (χ1n) is 7.62. The number of nitrogens with two attached hydrogens (primary N) is 1. The van der Waals surface area contributed by atoms with Crippen LogP contribution < -0.4 is 5.73 Å². The van der Waals surface area contributed by atoms with Crippen LogP contribution >= 0.6 is 0 Å². The lowest BCUT2D eigenvalue weighted by Crippen LogP contribution is -2.09.